The molecule has 0 saturated carbocycles. The number of aryl methyl sites for hydroxylation is 2. The van der Waals surface area contributed by atoms with Crippen LogP contribution in [0.4, 0.5) is 5.69 Å². The fraction of sp³-hybridized carbons (Fsp3) is 0.333. The normalized spacial score (nSPS) is 10.3. The van der Waals surface area contributed by atoms with Crippen molar-refractivity contribution in [2.24, 2.45) is 0 Å². The van der Waals surface area contributed by atoms with E-state index in [-0.39, 0.29) is 0 Å². The van der Waals surface area contributed by atoms with Crippen molar-refractivity contribution in [2.75, 3.05) is 11.9 Å². The summed E-state index contributed by atoms with van der Waals surface area (Å²) in [4.78, 5) is 0. The SMILES string of the molecule is CCCOc1ccccc1CNc1cc(C)ccc1C. The number of ether oxygens (including phenoxy) is 1. The van der Waals surface area contributed by atoms with Crippen molar-refractivity contribution >= 4 is 5.69 Å². The molecule has 0 fully saturated rings. The Balaban J connectivity index is 2.08. The van der Waals surface area contributed by atoms with Gasteiger partial charge in [0.15, 0.2) is 0 Å². The van der Waals surface area contributed by atoms with Crippen LogP contribution in [-0.4, -0.2) is 6.61 Å². The van der Waals surface area contributed by atoms with Crippen LogP contribution < -0.4 is 10.1 Å². The Kier molecular flexibility index (Phi) is 5.05. The predicted octanol–water partition coefficient (Wildman–Crippen LogP) is 4.70. The molecule has 0 unspecified atom stereocenters. The average Bonchev–Trinajstić information content (AvgIpc) is 2.47. The number of nitrogens with one attached hydrogen (secondary N) is 1. The molecule has 2 nitrogen and oxygen atoms in total. The van der Waals surface area contributed by atoms with Crippen LogP contribution in [0, 0.1) is 13.8 Å². The fourth-order valence-corrected chi connectivity index (χ4v) is 2.12. The largest absolute Gasteiger partial charge is 0.493 e. The minimum absolute atomic E-state index is 0.764. The van der Waals surface area contributed by atoms with E-state index in [1.807, 2.05) is 12.1 Å². The second-order valence-corrected chi connectivity index (χ2v) is 5.13. The van der Waals surface area contributed by atoms with Gasteiger partial charge in [-0.1, -0.05) is 37.3 Å². The quantitative estimate of drug-likeness (QED) is 0.820. The van der Waals surface area contributed by atoms with Crippen LogP contribution in [-0.2, 0) is 6.54 Å². The van der Waals surface area contributed by atoms with E-state index in [1.165, 1.54) is 22.4 Å². The Morgan fingerprint density at radius 1 is 1.05 bits per heavy atom. The van der Waals surface area contributed by atoms with Gasteiger partial charge in [-0.2, -0.15) is 0 Å². The van der Waals surface area contributed by atoms with Gasteiger partial charge < -0.3 is 10.1 Å². The Hall–Kier alpha value is -1.96. The monoisotopic (exact) mass is 269 g/mol. The molecule has 0 amide bonds. The van der Waals surface area contributed by atoms with E-state index < -0.39 is 0 Å². The van der Waals surface area contributed by atoms with Gasteiger partial charge in [0.2, 0.25) is 0 Å². The van der Waals surface area contributed by atoms with Gasteiger partial charge in [-0.15, -0.1) is 0 Å². The van der Waals surface area contributed by atoms with E-state index in [2.05, 4.69) is 56.4 Å². The molecule has 2 heteroatoms. The summed E-state index contributed by atoms with van der Waals surface area (Å²) in [6, 6.07) is 14.7. The summed E-state index contributed by atoms with van der Waals surface area (Å²) in [7, 11) is 0. The molecule has 0 atom stereocenters. The second kappa shape index (κ2) is 6.99. The van der Waals surface area contributed by atoms with Crippen molar-refractivity contribution in [3.8, 4) is 5.75 Å². The van der Waals surface area contributed by atoms with E-state index in [4.69, 9.17) is 4.74 Å². The molecule has 0 aliphatic rings. The first-order valence-corrected chi connectivity index (χ1v) is 7.22. The molecule has 0 saturated heterocycles. The van der Waals surface area contributed by atoms with Gasteiger partial charge in [0.05, 0.1) is 6.61 Å². The van der Waals surface area contributed by atoms with Crippen LogP contribution in [0.15, 0.2) is 42.5 Å². The minimum Gasteiger partial charge on any atom is -0.493 e. The number of hydrogen-bond donors (Lipinski definition) is 1. The van der Waals surface area contributed by atoms with Crippen LogP contribution in [0.25, 0.3) is 0 Å². The van der Waals surface area contributed by atoms with Gasteiger partial charge >= 0.3 is 0 Å². The molecule has 0 aliphatic heterocycles. The molecule has 2 aromatic rings. The Labute approximate surface area is 121 Å². The van der Waals surface area contributed by atoms with Crippen LogP contribution in [0.5, 0.6) is 5.75 Å². The highest BCUT2D eigenvalue weighted by atomic mass is 16.5. The minimum atomic E-state index is 0.764. The summed E-state index contributed by atoms with van der Waals surface area (Å²) in [6.45, 7) is 7.91. The molecule has 0 radical (unpaired) electrons. The molecule has 1 N–H and O–H groups in total. The third-order valence-electron chi connectivity index (χ3n) is 3.30. The number of para-hydroxylation sites is 1. The Morgan fingerprint density at radius 3 is 2.65 bits per heavy atom. The molecule has 0 spiro atoms. The van der Waals surface area contributed by atoms with Crippen LogP contribution in [0.2, 0.25) is 0 Å². The lowest BCUT2D eigenvalue weighted by Crippen LogP contribution is -2.05. The Morgan fingerprint density at radius 2 is 1.85 bits per heavy atom. The van der Waals surface area contributed by atoms with E-state index in [0.717, 1.165) is 25.3 Å². The molecule has 0 bridgehead atoms. The number of anilines is 1. The van der Waals surface area contributed by atoms with Crippen molar-refractivity contribution in [1.82, 2.24) is 0 Å². The van der Waals surface area contributed by atoms with Gasteiger partial charge in [0.1, 0.15) is 5.75 Å². The van der Waals surface area contributed by atoms with Crippen LogP contribution in [0.3, 0.4) is 0 Å². The third-order valence-corrected chi connectivity index (χ3v) is 3.30. The molecule has 20 heavy (non-hydrogen) atoms. The summed E-state index contributed by atoms with van der Waals surface area (Å²) in [5, 5.41) is 3.51. The lowest BCUT2D eigenvalue weighted by molar-refractivity contribution is 0.314. The maximum Gasteiger partial charge on any atom is 0.124 e. The average molecular weight is 269 g/mol. The van der Waals surface area contributed by atoms with Crippen LogP contribution >= 0.6 is 0 Å². The van der Waals surface area contributed by atoms with E-state index in [9.17, 15) is 0 Å². The van der Waals surface area contributed by atoms with Crippen LogP contribution in [0.1, 0.15) is 30.0 Å². The molecule has 0 aromatic heterocycles. The fourth-order valence-electron chi connectivity index (χ4n) is 2.12. The molecule has 0 aliphatic carbocycles. The summed E-state index contributed by atoms with van der Waals surface area (Å²) >= 11 is 0. The molecular formula is C18H23NO. The lowest BCUT2D eigenvalue weighted by Gasteiger charge is -2.14. The van der Waals surface area contributed by atoms with E-state index in [1.54, 1.807) is 0 Å². The third kappa shape index (κ3) is 3.77. The van der Waals surface area contributed by atoms with Crippen molar-refractivity contribution in [3.05, 3.63) is 59.2 Å². The Bertz CT molecular complexity index is 563. The molecule has 2 rings (SSSR count). The summed E-state index contributed by atoms with van der Waals surface area (Å²) in [5.74, 6) is 0.979. The highest BCUT2D eigenvalue weighted by Crippen LogP contribution is 2.22. The number of benzene rings is 2. The van der Waals surface area contributed by atoms with Gasteiger partial charge in [-0.3, -0.25) is 0 Å². The van der Waals surface area contributed by atoms with Gasteiger partial charge in [-0.05, 0) is 43.5 Å². The van der Waals surface area contributed by atoms with E-state index in [0.29, 0.717) is 0 Å². The summed E-state index contributed by atoms with van der Waals surface area (Å²) in [5.41, 5.74) is 4.92. The summed E-state index contributed by atoms with van der Waals surface area (Å²) in [6.07, 6.45) is 1.03. The first-order chi connectivity index (χ1) is 9.70. The second-order valence-electron chi connectivity index (χ2n) is 5.13. The van der Waals surface area contributed by atoms with Crippen molar-refractivity contribution < 1.29 is 4.74 Å². The highest BCUT2D eigenvalue weighted by molar-refractivity contribution is 5.53. The zero-order valence-electron chi connectivity index (χ0n) is 12.6. The summed E-state index contributed by atoms with van der Waals surface area (Å²) < 4.78 is 5.79. The molecule has 106 valence electrons. The van der Waals surface area contributed by atoms with Crippen molar-refractivity contribution in [2.45, 2.75) is 33.7 Å². The topological polar surface area (TPSA) is 21.3 Å². The maximum atomic E-state index is 5.79. The van der Waals surface area contributed by atoms with Crippen molar-refractivity contribution in [3.63, 3.8) is 0 Å². The standard InChI is InChI=1S/C18H23NO/c1-4-11-20-18-8-6-5-7-16(18)13-19-17-12-14(2)9-10-15(17)3/h5-10,12,19H,4,11,13H2,1-3H3. The first-order valence-electron chi connectivity index (χ1n) is 7.22. The number of rotatable bonds is 6. The van der Waals surface area contributed by atoms with Crippen molar-refractivity contribution in [1.29, 1.82) is 0 Å². The van der Waals surface area contributed by atoms with Gasteiger partial charge in [-0.25, -0.2) is 0 Å². The molecule has 2 aromatic carbocycles. The van der Waals surface area contributed by atoms with Gasteiger partial charge in [0.25, 0.3) is 0 Å². The maximum absolute atomic E-state index is 5.79. The van der Waals surface area contributed by atoms with E-state index >= 15 is 0 Å². The zero-order chi connectivity index (χ0) is 14.4. The first kappa shape index (κ1) is 14.4. The zero-order valence-corrected chi connectivity index (χ0v) is 12.6. The van der Waals surface area contributed by atoms with Gasteiger partial charge in [0, 0.05) is 17.8 Å². The smallest absolute Gasteiger partial charge is 0.124 e. The highest BCUT2D eigenvalue weighted by Gasteiger charge is 2.04. The number of hydrogen-bond acceptors (Lipinski definition) is 2. The predicted molar refractivity (Wildman–Crippen MR) is 85.5 cm³/mol. The molecular weight excluding hydrogens is 246 g/mol. The lowest BCUT2D eigenvalue weighted by atomic mass is 10.1. The molecule has 0 heterocycles.